The van der Waals surface area contributed by atoms with Crippen LogP contribution in [0.5, 0.6) is 0 Å². The van der Waals surface area contributed by atoms with Gasteiger partial charge in [-0.3, -0.25) is 0 Å². The number of likely N-dealkylation sites (N-methyl/N-ethyl adjacent to an activating group) is 1. The van der Waals surface area contributed by atoms with E-state index in [0.29, 0.717) is 6.04 Å². The summed E-state index contributed by atoms with van der Waals surface area (Å²) in [6.45, 7) is 6.80. The quantitative estimate of drug-likeness (QED) is 0.845. The van der Waals surface area contributed by atoms with Crippen LogP contribution in [0.4, 0.5) is 0 Å². The number of thiazole rings is 1. The molecule has 1 saturated heterocycles. The van der Waals surface area contributed by atoms with Gasteiger partial charge >= 0.3 is 0 Å². The first-order valence-corrected chi connectivity index (χ1v) is 6.65. The summed E-state index contributed by atoms with van der Waals surface area (Å²) in [5.74, 6) is 0. The van der Waals surface area contributed by atoms with E-state index in [1.807, 2.05) is 5.51 Å². The predicted octanol–water partition coefficient (Wildman–Crippen LogP) is 1.72. The lowest BCUT2D eigenvalue weighted by atomic mass is 10.1. The van der Waals surface area contributed by atoms with Gasteiger partial charge in [0.15, 0.2) is 0 Å². The maximum Gasteiger partial charge on any atom is 0.0795 e. The smallest absolute Gasteiger partial charge is 0.0795 e. The number of nitrogens with zero attached hydrogens (tertiary/aromatic N) is 2. The van der Waals surface area contributed by atoms with E-state index in [4.69, 9.17) is 0 Å². The van der Waals surface area contributed by atoms with Gasteiger partial charge in [0.25, 0.3) is 0 Å². The standard InChI is InChI=1S/C11H19N3S/c1-2-14-5-3-4-10(7-14)12-6-11-8-15-9-13-11/h8-10,12H,2-7H2,1H3. The van der Waals surface area contributed by atoms with E-state index >= 15 is 0 Å². The van der Waals surface area contributed by atoms with Crippen LogP contribution in [0.3, 0.4) is 0 Å². The lowest BCUT2D eigenvalue weighted by molar-refractivity contribution is 0.198. The van der Waals surface area contributed by atoms with E-state index in [1.165, 1.54) is 38.2 Å². The third-order valence-electron chi connectivity index (χ3n) is 3.01. The van der Waals surface area contributed by atoms with E-state index in [9.17, 15) is 0 Å². The number of hydrogen-bond acceptors (Lipinski definition) is 4. The highest BCUT2D eigenvalue weighted by Gasteiger charge is 2.17. The van der Waals surface area contributed by atoms with Crippen molar-refractivity contribution >= 4 is 11.3 Å². The number of aromatic nitrogens is 1. The molecule has 0 aliphatic carbocycles. The average Bonchev–Trinajstić information content (AvgIpc) is 2.79. The third kappa shape index (κ3) is 3.26. The number of piperidine rings is 1. The summed E-state index contributed by atoms with van der Waals surface area (Å²) in [6, 6.07) is 0.653. The first-order valence-electron chi connectivity index (χ1n) is 5.71. The highest BCUT2D eigenvalue weighted by Crippen LogP contribution is 2.10. The summed E-state index contributed by atoms with van der Waals surface area (Å²) in [7, 11) is 0. The van der Waals surface area contributed by atoms with Crippen LogP contribution in [0.1, 0.15) is 25.5 Å². The van der Waals surface area contributed by atoms with Gasteiger partial charge in [0.1, 0.15) is 0 Å². The zero-order valence-corrected chi connectivity index (χ0v) is 10.1. The van der Waals surface area contributed by atoms with Gasteiger partial charge in [0.05, 0.1) is 11.2 Å². The van der Waals surface area contributed by atoms with E-state index in [1.54, 1.807) is 11.3 Å². The maximum absolute atomic E-state index is 4.28. The predicted molar refractivity (Wildman–Crippen MR) is 64.1 cm³/mol. The minimum Gasteiger partial charge on any atom is -0.307 e. The van der Waals surface area contributed by atoms with E-state index in [0.717, 1.165) is 6.54 Å². The lowest BCUT2D eigenvalue weighted by Gasteiger charge is -2.32. The lowest BCUT2D eigenvalue weighted by Crippen LogP contribution is -2.45. The van der Waals surface area contributed by atoms with Crippen molar-refractivity contribution in [2.24, 2.45) is 0 Å². The van der Waals surface area contributed by atoms with Crippen molar-refractivity contribution in [1.82, 2.24) is 15.2 Å². The Kier molecular flexibility index (Phi) is 4.11. The SMILES string of the molecule is CCN1CCCC(NCc2cscn2)C1. The Labute approximate surface area is 95.5 Å². The largest absolute Gasteiger partial charge is 0.307 e. The van der Waals surface area contributed by atoms with Gasteiger partial charge in [0, 0.05) is 24.5 Å². The van der Waals surface area contributed by atoms with Gasteiger partial charge in [-0.15, -0.1) is 11.3 Å². The second-order valence-electron chi connectivity index (χ2n) is 4.09. The van der Waals surface area contributed by atoms with E-state index < -0.39 is 0 Å². The molecule has 15 heavy (non-hydrogen) atoms. The first kappa shape index (κ1) is 11.0. The Balaban J connectivity index is 1.74. The normalized spacial score (nSPS) is 23.1. The fourth-order valence-corrected chi connectivity index (χ4v) is 2.64. The number of likely N-dealkylation sites (tertiary alicyclic amines) is 1. The molecule has 0 saturated carbocycles. The minimum absolute atomic E-state index is 0.653. The summed E-state index contributed by atoms with van der Waals surface area (Å²) < 4.78 is 0. The zero-order chi connectivity index (χ0) is 10.5. The molecule has 1 unspecified atom stereocenters. The molecule has 0 amide bonds. The van der Waals surface area contributed by atoms with Crippen molar-refractivity contribution in [1.29, 1.82) is 0 Å². The molecule has 2 rings (SSSR count). The Morgan fingerprint density at radius 2 is 2.60 bits per heavy atom. The Morgan fingerprint density at radius 1 is 1.67 bits per heavy atom. The zero-order valence-electron chi connectivity index (χ0n) is 9.28. The summed E-state index contributed by atoms with van der Waals surface area (Å²) in [5, 5.41) is 5.71. The summed E-state index contributed by atoms with van der Waals surface area (Å²) in [5.41, 5.74) is 3.07. The summed E-state index contributed by atoms with van der Waals surface area (Å²) in [6.07, 6.45) is 2.63. The highest BCUT2D eigenvalue weighted by atomic mass is 32.1. The first-order chi connectivity index (χ1) is 7.38. The molecule has 84 valence electrons. The molecule has 1 aliphatic heterocycles. The van der Waals surface area contributed by atoms with Crippen LogP contribution in [-0.2, 0) is 6.54 Å². The van der Waals surface area contributed by atoms with Gasteiger partial charge in [-0.2, -0.15) is 0 Å². The van der Waals surface area contributed by atoms with Gasteiger partial charge < -0.3 is 10.2 Å². The van der Waals surface area contributed by atoms with Gasteiger partial charge in [0.2, 0.25) is 0 Å². The molecule has 1 atom stereocenters. The van der Waals surface area contributed by atoms with Crippen LogP contribution in [0.15, 0.2) is 10.9 Å². The molecule has 1 aromatic heterocycles. The Bertz CT molecular complexity index is 273. The maximum atomic E-state index is 4.28. The Hall–Kier alpha value is -0.450. The number of hydrogen-bond donors (Lipinski definition) is 1. The van der Waals surface area contributed by atoms with Crippen molar-refractivity contribution in [2.75, 3.05) is 19.6 Å². The molecule has 3 nitrogen and oxygen atoms in total. The van der Waals surface area contributed by atoms with Crippen molar-refractivity contribution in [3.63, 3.8) is 0 Å². The third-order valence-corrected chi connectivity index (χ3v) is 3.64. The van der Waals surface area contributed by atoms with Gasteiger partial charge in [-0.1, -0.05) is 6.92 Å². The van der Waals surface area contributed by atoms with Crippen LogP contribution >= 0.6 is 11.3 Å². The highest BCUT2D eigenvalue weighted by molar-refractivity contribution is 7.07. The molecule has 0 bridgehead atoms. The monoisotopic (exact) mass is 225 g/mol. The van der Waals surface area contributed by atoms with E-state index in [-0.39, 0.29) is 0 Å². The topological polar surface area (TPSA) is 28.2 Å². The van der Waals surface area contributed by atoms with Crippen LogP contribution < -0.4 is 5.32 Å². The van der Waals surface area contributed by atoms with Crippen molar-refractivity contribution in [3.8, 4) is 0 Å². The van der Waals surface area contributed by atoms with Crippen LogP contribution in [0.2, 0.25) is 0 Å². The average molecular weight is 225 g/mol. The molecule has 1 fully saturated rings. The van der Waals surface area contributed by atoms with Crippen molar-refractivity contribution in [3.05, 3.63) is 16.6 Å². The molecule has 4 heteroatoms. The van der Waals surface area contributed by atoms with Crippen LogP contribution in [-0.4, -0.2) is 35.6 Å². The fraction of sp³-hybridized carbons (Fsp3) is 0.727. The second kappa shape index (κ2) is 5.58. The van der Waals surface area contributed by atoms with Crippen molar-refractivity contribution in [2.45, 2.75) is 32.4 Å². The van der Waals surface area contributed by atoms with Crippen LogP contribution in [0, 0.1) is 0 Å². The summed E-state index contributed by atoms with van der Waals surface area (Å²) in [4.78, 5) is 6.80. The molecule has 2 heterocycles. The molecule has 0 spiro atoms. The second-order valence-corrected chi connectivity index (χ2v) is 4.81. The molecule has 1 aliphatic rings. The minimum atomic E-state index is 0.653. The summed E-state index contributed by atoms with van der Waals surface area (Å²) >= 11 is 1.67. The number of nitrogens with one attached hydrogen (secondary N) is 1. The number of rotatable bonds is 4. The van der Waals surface area contributed by atoms with Gasteiger partial charge in [-0.25, -0.2) is 4.98 Å². The molecular weight excluding hydrogens is 206 g/mol. The molecule has 0 aromatic carbocycles. The fourth-order valence-electron chi connectivity index (χ4n) is 2.08. The molecule has 1 aromatic rings. The van der Waals surface area contributed by atoms with Gasteiger partial charge in [-0.05, 0) is 25.9 Å². The molecular formula is C11H19N3S. The molecule has 0 radical (unpaired) electrons. The van der Waals surface area contributed by atoms with E-state index in [2.05, 4.69) is 27.5 Å². The molecule has 1 N–H and O–H groups in total. The Morgan fingerprint density at radius 3 is 3.33 bits per heavy atom. The van der Waals surface area contributed by atoms with Crippen molar-refractivity contribution < 1.29 is 0 Å². The van der Waals surface area contributed by atoms with Crippen LogP contribution in [0.25, 0.3) is 0 Å².